The summed E-state index contributed by atoms with van der Waals surface area (Å²) in [6.07, 6.45) is -0.102. The minimum absolute atomic E-state index is 0.0408. The monoisotopic (exact) mass is 651 g/mol. The quantitative estimate of drug-likeness (QED) is 0.111. The van der Waals surface area contributed by atoms with E-state index in [0.29, 0.717) is 34.9 Å². The average molecular weight is 652 g/mol. The highest BCUT2D eigenvalue weighted by atomic mass is 32.2. The van der Waals surface area contributed by atoms with Crippen molar-refractivity contribution in [3.63, 3.8) is 0 Å². The van der Waals surface area contributed by atoms with Crippen molar-refractivity contribution in [3.8, 4) is 23.0 Å². The molecule has 2 heterocycles. The maximum Gasteiger partial charge on any atom is 0.178 e. The Labute approximate surface area is 262 Å². The van der Waals surface area contributed by atoms with Crippen molar-refractivity contribution < 1.29 is 31.8 Å². The van der Waals surface area contributed by atoms with Gasteiger partial charge in [0.2, 0.25) is 0 Å². The zero-order valence-electron chi connectivity index (χ0n) is 25.5. The number of pyridine rings is 1. The fourth-order valence-electron chi connectivity index (χ4n) is 4.84. The highest BCUT2D eigenvalue weighted by Crippen LogP contribution is 2.38. The van der Waals surface area contributed by atoms with Crippen molar-refractivity contribution in [2.75, 3.05) is 12.4 Å². The topological polar surface area (TPSA) is 104 Å². The second kappa shape index (κ2) is 13.2. The Bertz CT molecular complexity index is 1890. The number of rotatable bonds is 12. The van der Waals surface area contributed by atoms with E-state index >= 15 is 0 Å². The van der Waals surface area contributed by atoms with Gasteiger partial charge < -0.3 is 14.6 Å². The van der Waals surface area contributed by atoms with Crippen LogP contribution < -0.4 is 4.74 Å². The van der Waals surface area contributed by atoms with Crippen LogP contribution in [0.25, 0.3) is 22.6 Å². The van der Waals surface area contributed by atoms with Crippen LogP contribution in [0.2, 0.25) is 25.7 Å². The van der Waals surface area contributed by atoms with Crippen molar-refractivity contribution in [2.24, 2.45) is 0 Å². The molecule has 45 heavy (non-hydrogen) atoms. The number of sulfone groups is 1. The van der Waals surface area contributed by atoms with E-state index in [4.69, 9.17) is 14.5 Å². The summed E-state index contributed by atoms with van der Waals surface area (Å²) in [4.78, 5) is 9.45. The number of ether oxygens (including phenoxy) is 2. The normalized spacial score (nSPS) is 12.9. The zero-order chi connectivity index (χ0) is 32.4. The van der Waals surface area contributed by atoms with E-state index < -0.39 is 41.2 Å². The second-order valence-electron chi connectivity index (χ2n) is 11.8. The van der Waals surface area contributed by atoms with E-state index in [1.165, 1.54) is 36.4 Å². The maximum absolute atomic E-state index is 15.0. The molecule has 0 saturated heterocycles. The van der Waals surface area contributed by atoms with Gasteiger partial charge in [0.1, 0.15) is 41.7 Å². The van der Waals surface area contributed by atoms with Gasteiger partial charge >= 0.3 is 0 Å². The summed E-state index contributed by atoms with van der Waals surface area (Å²) in [5, 5.41) is 11.6. The number of aliphatic hydroxyl groups is 1. The van der Waals surface area contributed by atoms with Crippen molar-refractivity contribution in [3.05, 3.63) is 102 Å². The van der Waals surface area contributed by atoms with Gasteiger partial charge in [-0.15, -0.1) is 0 Å². The smallest absolute Gasteiger partial charge is 0.178 e. The van der Waals surface area contributed by atoms with Gasteiger partial charge in [-0.1, -0.05) is 38.7 Å². The molecule has 0 aliphatic heterocycles. The van der Waals surface area contributed by atoms with Crippen LogP contribution in [-0.4, -0.2) is 48.5 Å². The number of benzene rings is 3. The van der Waals surface area contributed by atoms with Crippen molar-refractivity contribution >= 4 is 28.9 Å². The first-order valence-electron chi connectivity index (χ1n) is 14.5. The Morgan fingerprint density at radius 1 is 0.956 bits per heavy atom. The Balaban J connectivity index is 1.66. The fraction of sp³-hybridized carbons (Fsp3) is 0.273. The molecule has 0 radical (unpaired) electrons. The number of halogens is 2. The van der Waals surface area contributed by atoms with Crippen LogP contribution in [0.3, 0.4) is 0 Å². The van der Waals surface area contributed by atoms with Crippen molar-refractivity contribution in [2.45, 2.75) is 50.3 Å². The summed E-state index contributed by atoms with van der Waals surface area (Å²) in [6.45, 7) is 8.87. The lowest BCUT2D eigenvalue weighted by molar-refractivity contribution is 0.0905. The van der Waals surface area contributed by atoms with Gasteiger partial charge in [-0.2, -0.15) is 0 Å². The summed E-state index contributed by atoms with van der Waals surface area (Å²) in [6, 6.07) is 18.8. The first kappa shape index (κ1) is 32.4. The summed E-state index contributed by atoms with van der Waals surface area (Å²) >= 11 is 0. The molecule has 236 valence electrons. The Kier molecular flexibility index (Phi) is 9.49. The largest absolute Gasteiger partial charge is 0.457 e. The Morgan fingerprint density at radius 2 is 1.67 bits per heavy atom. The molecule has 1 atom stereocenters. The molecule has 2 aromatic heterocycles. The van der Waals surface area contributed by atoms with Gasteiger partial charge in [-0.25, -0.2) is 22.2 Å². The number of nitrogens with zero attached hydrogens (tertiary/aromatic N) is 3. The molecule has 0 spiro atoms. The second-order valence-corrected chi connectivity index (χ2v) is 19.7. The van der Waals surface area contributed by atoms with Crippen molar-refractivity contribution in [1.82, 2.24) is 14.5 Å². The highest BCUT2D eigenvalue weighted by Gasteiger charge is 2.27. The number of aliphatic hydroxyl groups excluding tert-OH is 1. The molecule has 0 aliphatic rings. The van der Waals surface area contributed by atoms with Crippen LogP contribution in [0.4, 0.5) is 8.78 Å². The zero-order valence-corrected chi connectivity index (χ0v) is 27.3. The summed E-state index contributed by atoms with van der Waals surface area (Å²) in [5.41, 5.74) is 0.931. The van der Waals surface area contributed by atoms with E-state index in [1.54, 1.807) is 35.9 Å². The SMILES string of the molecule is CCS(=O)(=O)c1ccc(Oc2cc(C(O)c3c(F)cccc3F)c3c(c2)nc(-c2ccccn2)n3COCC[Si](C)(C)C)cc1. The molecule has 0 amide bonds. The number of imidazole rings is 1. The first-order chi connectivity index (χ1) is 21.4. The van der Waals surface area contributed by atoms with E-state index in [-0.39, 0.29) is 28.7 Å². The van der Waals surface area contributed by atoms with Gasteiger partial charge in [0, 0.05) is 32.5 Å². The molecule has 0 saturated carbocycles. The van der Waals surface area contributed by atoms with Gasteiger partial charge in [-0.3, -0.25) is 9.55 Å². The van der Waals surface area contributed by atoms with E-state index in [2.05, 4.69) is 24.6 Å². The standard InChI is InChI=1S/C33H35F2N3O5SSi/c1-5-44(40,41)24-14-12-22(13-15-24)43-23-19-25(32(39)30-26(34)9-8-10-27(30)35)31-29(20-23)37-33(28-11-6-7-16-36-28)38(31)21-42-17-18-45(2,3)4/h6-16,19-20,32,39H,5,17-18,21H2,1-4H3. The third kappa shape index (κ3) is 7.30. The molecule has 1 unspecified atom stereocenters. The molecule has 0 fully saturated rings. The molecule has 12 heteroatoms. The third-order valence-corrected chi connectivity index (χ3v) is 10.8. The lowest BCUT2D eigenvalue weighted by Gasteiger charge is -2.19. The van der Waals surface area contributed by atoms with Crippen LogP contribution in [-0.2, 0) is 21.3 Å². The van der Waals surface area contributed by atoms with E-state index in [9.17, 15) is 22.3 Å². The first-order valence-corrected chi connectivity index (χ1v) is 19.9. The highest BCUT2D eigenvalue weighted by molar-refractivity contribution is 7.91. The van der Waals surface area contributed by atoms with Crippen LogP contribution >= 0.6 is 0 Å². The third-order valence-electron chi connectivity index (χ3n) is 7.32. The van der Waals surface area contributed by atoms with Crippen LogP contribution in [0.15, 0.2) is 83.9 Å². The number of hydrogen-bond acceptors (Lipinski definition) is 7. The predicted molar refractivity (Wildman–Crippen MR) is 172 cm³/mol. The Morgan fingerprint density at radius 3 is 2.29 bits per heavy atom. The molecule has 1 N–H and O–H groups in total. The van der Waals surface area contributed by atoms with Gasteiger partial charge in [0.05, 0.1) is 27.2 Å². The van der Waals surface area contributed by atoms with Crippen molar-refractivity contribution in [1.29, 1.82) is 0 Å². The molecule has 3 aromatic carbocycles. The van der Waals surface area contributed by atoms with Crippen LogP contribution in [0, 0.1) is 11.6 Å². The Hall–Kier alpha value is -3.97. The van der Waals surface area contributed by atoms with Crippen LogP contribution in [0.5, 0.6) is 11.5 Å². The molecule has 0 aliphatic carbocycles. The van der Waals surface area contributed by atoms with Gasteiger partial charge in [0.15, 0.2) is 15.7 Å². The van der Waals surface area contributed by atoms with Gasteiger partial charge in [-0.05, 0) is 60.6 Å². The maximum atomic E-state index is 15.0. The summed E-state index contributed by atoms with van der Waals surface area (Å²) < 4.78 is 68.5. The minimum atomic E-state index is -3.41. The number of hydrogen-bond donors (Lipinski definition) is 1. The lowest BCUT2D eigenvalue weighted by atomic mass is 9.98. The summed E-state index contributed by atoms with van der Waals surface area (Å²) in [7, 11) is -4.80. The summed E-state index contributed by atoms with van der Waals surface area (Å²) in [5.74, 6) is -0.875. The van der Waals surface area contributed by atoms with Gasteiger partial charge in [0.25, 0.3) is 0 Å². The van der Waals surface area contributed by atoms with Crippen LogP contribution in [0.1, 0.15) is 24.2 Å². The molecule has 8 nitrogen and oxygen atoms in total. The fourth-order valence-corrected chi connectivity index (χ4v) is 6.48. The molecule has 0 bridgehead atoms. The number of aromatic nitrogens is 3. The predicted octanol–water partition coefficient (Wildman–Crippen LogP) is 7.36. The van der Waals surface area contributed by atoms with E-state index in [0.717, 1.165) is 18.2 Å². The molecule has 5 aromatic rings. The number of fused-ring (bicyclic) bond motifs is 1. The molecule has 5 rings (SSSR count). The van der Waals surface area contributed by atoms with E-state index in [1.807, 2.05) is 6.07 Å². The average Bonchev–Trinajstić information content (AvgIpc) is 3.37. The molecular formula is C33H35F2N3O5SSi. The lowest BCUT2D eigenvalue weighted by Crippen LogP contribution is -2.22. The minimum Gasteiger partial charge on any atom is -0.457 e. The molecular weight excluding hydrogens is 617 g/mol.